The number of benzene rings is 2. The maximum atomic E-state index is 11.1. The van der Waals surface area contributed by atoms with E-state index in [0.29, 0.717) is 13.2 Å². The molecule has 0 aliphatic carbocycles. The van der Waals surface area contributed by atoms with E-state index < -0.39 is 5.97 Å². The predicted octanol–water partition coefficient (Wildman–Crippen LogP) is 6.87. The van der Waals surface area contributed by atoms with Crippen molar-refractivity contribution in [1.82, 2.24) is 0 Å². The Kier molecular flexibility index (Phi) is 11.9. The average molecular weight is 422 g/mol. The van der Waals surface area contributed by atoms with Gasteiger partial charge >= 0.3 is 5.97 Å². The molecule has 4 nitrogen and oxygen atoms in total. The molecular weight excluding hydrogens is 386 g/mol. The van der Waals surface area contributed by atoms with Gasteiger partial charge < -0.3 is 9.47 Å². The molecule has 0 aliphatic rings. The van der Waals surface area contributed by atoms with E-state index >= 15 is 0 Å². The SMILES string of the molecule is CCCCCCc1ccc(-c2ccc(OCCCCCCOC(=O)CC#N)cc2)cc1. The smallest absolute Gasteiger partial charge is 0.320 e. The number of unbranched alkanes of at least 4 members (excludes halogenated alkanes) is 6. The molecule has 4 heteroatoms. The first-order chi connectivity index (χ1) is 15.2. The molecule has 2 aromatic carbocycles. The third-order valence-corrected chi connectivity index (χ3v) is 5.25. The van der Waals surface area contributed by atoms with Crippen molar-refractivity contribution in [2.75, 3.05) is 13.2 Å². The van der Waals surface area contributed by atoms with Crippen LogP contribution in [0.1, 0.15) is 70.3 Å². The number of nitrogens with zero attached hydrogens (tertiary/aromatic N) is 1. The summed E-state index contributed by atoms with van der Waals surface area (Å²) in [5, 5.41) is 8.39. The molecule has 0 saturated carbocycles. The van der Waals surface area contributed by atoms with Gasteiger partial charge in [-0.05, 0) is 67.3 Å². The van der Waals surface area contributed by atoms with Gasteiger partial charge in [-0.3, -0.25) is 4.79 Å². The van der Waals surface area contributed by atoms with E-state index in [2.05, 4.69) is 43.3 Å². The second-order valence-corrected chi connectivity index (χ2v) is 7.85. The van der Waals surface area contributed by atoms with E-state index in [1.807, 2.05) is 12.1 Å². The van der Waals surface area contributed by atoms with E-state index in [0.717, 1.165) is 31.4 Å². The Morgan fingerprint density at radius 3 is 2.06 bits per heavy atom. The van der Waals surface area contributed by atoms with Gasteiger partial charge in [0.1, 0.15) is 12.2 Å². The molecule has 0 fully saturated rings. The summed E-state index contributed by atoms with van der Waals surface area (Å²) in [7, 11) is 0. The van der Waals surface area contributed by atoms with E-state index in [1.165, 1.54) is 48.8 Å². The summed E-state index contributed by atoms with van der Waals surface area (Å²) in [5.41, 5.74) is 3.86. The standard InChI is InChI=1S/C27H35NO3/c1-2-3-4-7-10-23-11-13-24(14-12-23)25-15-17-26(18-16-25)30-21-8-5-6-9-22-31-27(29)19-20-28/h11-18H,2-10,19,21-22H2,1H3. The highest BCUT2D eigenvalue weighted by atomic mass is 16.5. The molecule has 0 heterocycles. The Hall–Kier alpha value is -2.80. The summed E-state index contributed by atoms with van der Waals surface area (Å²) < 4.78 is 10.8. The van der Waals surface area contributed by atoms with Crippen molar-refractivity contribution in [1.29, 1.82) is 5.26 Å². The van der Waals surface area contributed by atoms with Crippen LogP contribution in [0, 0.1) is 11.3 Å². The maximum Gasteiger partial charge on any atom is 0.320 e. The van der Waals surface area contributed by atoms with Crippen LogP contribution >= 0.6 is 0 Å². The van der Waals surface area contributed by atoms with Gasteiger partial charge in [-0.2, -0.15) is 5.26 Å². The van der Waals surface area contributed by atoms with Crippen molar-refractivity contribution in [2.45, 2.75) is 71.1 Å². The quantitative estimate of drug-likeness (QED) is 0.232. The first kappa shape index (κ1) is 24.5. The van der Waals surface area contributed by atoms with Crippen molar-refractivity contribution in [2.24, 2.45) is 0 Å². The molecule has 0 radical (unpaired) electrons. The summed E-state index contributed by atoms with van der Waals surface area (Å²) in [5.74, 6) is 0.453. The minimum Gasteiger partial charge on any atom is -0.494 e. The Morgan fingerprint density at radius 2 is 1.42 bits per heavy atom. The third kappa shape index (κ3) is 10.2. The van der Waals surface area contributed by atoms with Crippen molar-refractivity contribution in [3.63, 3.8) is 0 Å². The highest BCUT2D eigenvalue weighted by Crippen LogP contribution is 2.23. The van der Waals surface area contributed by atoms with Crippen LogP contribution in [0.4, 0.5) is 0 Å². The first-order valence-electron chi connectivity index (χ1n) is 11.6. The van der Waals surface area contributed by atoms with Crippen molar-refractivity contribution >= 4 is 5.97 Å². The number of rotatable bonds is 15. The van der Waals surface area contributed by atoms with Crippen LogP contribution in [0.5, 0.6) is 5.75 Å². The number of hydrogen-bond donors (Lipinski definition) is 0. The molecule has 0 unspecified atom stereocenters. The lowest BCUT2D eigenvalue weighted by Crippen LogP contribution is -2.04. The zero-order chi connectivity index (χ0) is 22.2. The largest absolute Gasteiger partial charge is 0.494 e. The molecule has 0 aromatic heterocycles. The molecule has 2 aromatic rings. The Labute approximate surface area is 187 Å². The predicted molar refractivity (Wildman–Crippen MR) is 125 cm³/mol. The zero-order valence-corrected chi connectivity index (χ0v) is 18.8. The van der Waals surface area contributed by atoms with Crippen molar-refractivity contribution in [3.8, 4) is 22.9 Å². The lowest BCUT2D eigenvalue weighted by molar-refractivity contribution is -0.142. The number of esters is 1. The van der Waals surface area contributed by atoms with E-state index in [9.17, 15) is 4.79 Å². The van der Waals surface area contributed by atoms with Crippen LogP contribution in [-0.4, -0.2) is 19.2 Å². The first-order valence-corrected chi connectivity index (χ1v) is 11.6. The van der Waals surface area contributed by atoms with Crippen LogP contribution in [0.25, 0.3) is 11.1 Å². The highest BCUT2D eigenvalue weighted by Gasteiger charge is 2.02. The molecule has 2 rings (SSSR count). The fourth-order valence-electron chi connectivity index (χ4n) is 3.41. The van der Waals surface area contributed by atoms with Crippen LogP contribution < -0.4 is 4.74 Å². The number of nitriles is 1. The van der Waals surface area contributed by atoms with Gasteiger partial charge in [-0.15, -0.1) is 0 Å². The number of hydrogen-bond acceptors (Lipinski definition) is 4. The summed E-state index contributed by atoms with van der Waals surface area (Å²) in [6, 6.07) is 19.0. The van der Waals surface area contributed by atoms with Gasteiger partial charge in [0.05, 0.1) is 19.3 Å². The Morgan fingerprint density at radius 1 is 0.806 bits per heavy atom. The minimum atomic E-state index is -0.437. The molecule has 0 spiro atoms. The zero-order valence-electron chi connectivity index (χ0n) is 18.8. The number of ether oxygens (including phenoxy) is 2. The van der Waals surface area contributed by atoms with Gasteiger partial charge in [0.25, 0.3) is 0 Å². The summed E-state index contributed by atoms with van der Waals surface area (Å²) in [4.78, 5) is 11.1. The van der Waals surface area contributed by atoms with E-state index in [-0.39, 0.29) is 6.42 Å². The van der Waals surface area contributed by atoms with Crippen LogP contribution in [0.15, 0.2) is 48.5 Å². The molecule has 31 heavy (non-hydrogen) atoms. The molecule has 0 atom stereocenters. The van der Waals surface area contributed by atoms with Crippen LogP contribution in [-0.2, 0) is 16.0 Å². The maximum absolute atomic E-state index is 11.1. The molecule has 0 saturated heterocycles. The number of carbonyl (C=O) groups excluding carboxylic acids is 1. The fraction of sp³-hybridized carbons (Fsp3) is 0.481. The van der Waals surface area contributed by atoms with Crippen molar-refractivity contribution in [3.05, 3.63) is 54.1 Å². The van der Waals surface area contributed by atoms with Gasteiger partial charge in [0, 0.05) is 0 Å². The summed E-state index contributed by atoms with van der Waals surface area (Å²) >= 11 is 0. The van der Waals surface area contributed by atoms with Crippen molar-refractivity contribution < 1.29 is 14.3 Å². The topological polar surface area (TPSA) is 59.3 Å². The van der Waals surface area contributed by atoms with Gasteiger partial charge in [0.15, 0.2) is 0 Å². The Bertz CT molecular complexity index is 791. The molecule has 0 N–H and O–H groups in total. The summed E-state index contributed by atoms with van der Waals surface area (Å²) in [6.45, 7) is 3.32. The fourth-order valence-corrected chi connectivity index (χ4v) is 3.41. The van der Waals surface area contributed by atoms with Gasteiger partial charge in [0.2, 0.25) is 0 Å². The van der Waals surface area contributed by atoms with Crippen LogP contribution in [0.3, 0.4) is 0 Å². The monoisotopic (exact) mass is 421 g/mol. The lowest BCUT2D eigenvalue weighted by atomic mass is 10.0. The van der Waals surface area contributed by atoms with Gasteiger partial charge in [-0.1, -0.05) is 62.6 Å². The molecule has 0 bridgehead atoms. The molecule has 166 valence electrons. The second-order valence-electron chi connectivity index (χ2n) is 7.85. The number of carbonyl (C=O) groups is 1. The molecule has 0 amide bonds. The Balaban J connectivity index is 1.62. The molecule has 0 aliphatic heterocycles. The molecular formula is C27H35NO3. The third-order valence-electron chi connectivity index (χ3n) is 5.25. The van der Waals surface area contributed by atoms with E-state index in [1.54, 1.807) is 6.07 Å². The number of aryl methyl sites for hydroxylation is 1. The lowest BCUT2D eigenvalue weighted by Gasteiger charge is -2.08. The van der Waals surface area contributed by atoms with Crippen LogP contribution in [0.2, 0.25) is 0 Å². The van der Waals surface area contributed by atoms with E-state index in [4.69, 9.17) is 14.7 Å². The second kappa shape index (κ2) is 15.1. The highest BCUT2D eigenvalue weighted by molar-refractivity contribution is 5.71. The van der Waals surface area contributed by atoms with Gasteiger partial charge in [-0.25, -0.2) is 0 Å². The normalized spacial score (nSPS) is 10.5. The minimum absolute atomic E-state index is 0.170. The average Bonchev–Trinajstić information content (AvgIpc) is 2.79. The summed E-state index contributed by atoms with van der Waals surface area (Å²) in [6.07, 6.45) is 9.99.